The number of esters is 1. The maximum atomic E-state index is 13.6. The van der Waals surface area contributed by atoms with Crippen LogP contribution in [0.4, 0.5) is 70.2 Å². The second-order valence-corrected chi connectivity index (χ2v) is 7.14. The zero-order valence-electron chi connectivity index (χ0n) is 16.9. The summed E-state index contributed by atoms with van der Waals surface area (Å²) in [5.41, 5.74) is 0. The molecular weight excluding hydrogens is 528 g/mol. The van der Waals surface area contributed by atoms with E-state index in [1.165, 1.54) is 0 Å². The van der Waals surface area contributed by atoms with Crippen LogP contribution < -0.4 is 0 Å². The number of alkyl halides is 16. The summed E-state index contributed by atoms with van der Waals surface area (Å²) in [7, 11) is 0. The molecule has 0 heterocycles. The topological polar surface area (TPSA) is 26.3 Å². The van der Waals surface area contributed by atoms with Gasteiger partial charge in [0.05, 0.1) is 0 Å². The van der Waals surface area contributed by atoms with Crippen LogP contribution in [0.15, 0.2) is 0 Å². The Morgan fingerprint density at radius 2 is 0.912 bits per heavy atom. The third kappa shape index (κ3) is 4.99. The summed E-state index contributed by atoms with van der Waals surface area (Å²) in [5, 5.41) is 0. The lowest BCUT2D eigenvalue weighted by atomic mass is 9.89. The molecule has 0 aliphatic carbocycles. The molecular formula is C16H16F16O2. The van der Waals surface area contributed by atoms with E-state index < -0.39 is 66.9 Å². The minimum absolute atomic E-state index is 0.0827. The Hall–Kier alpha value is -1.65. The van der Waals surface area contributed by atoms with Gasteiger partial charge < -0.3 is 4.74 Å². The van der Waals surface area contributed by atoms with E-state index in [2.05, 4.69) is 4.74 Å². The van der Waals surface area contributed by atoms with Crippen molar-refractivity contribution in [1.29, 1.82) is 0 Å². The molecule has 0 fully saturated rings. The van der Waals surface area contributed by atoms with Crippen LogP contribution in [-0.2, 0) is 9.53 Å². The lowest BCUT2D eigenvalue weighted by Crippen LogP contribution is -2.74. The van der Waals surface area contributed by atoms with E-state index >= 15 is 0 Å². The fourth-order valence-electron chi connectivity index (χ4n) is 2.20. The fraction of sp³-hybridized carbons (Fsp3) is 0.938. The molecule has 0 radical (unpaired) electrons. The maximum absolute atomic E-state index is 13.6. The maximum Gasteiger partial charge on any atom is 0.473 e. The molecule has 0 aromatic carbocycles. The van der Waals surface area contributed by atoms with E-state index in [-0.39, 0.29) is 12.8 Å². The lowest BCUT2D eigenvalue weighted by molar-refractivity contribution is -0.467. The Kier molecular flexibility index (Phi) is 8.97. The van der Waals surface area contributed by atoms with Crippen LogP contribution in [0.3, 0.4) is 0 Å². The predicted molar refractivity (Wildman–Crippen MR) is 80.1 cm³/mol. The van der Waals surface area contributed by atoms with Gasteiger partial charge in [0.25, 0.3) is 0 Å². The molecule has 0 N–H and O–H groups in total. The van der Waals surface area contributed by atoms with Gasteiger partial charge in [0, 0.05) is 13.3 Å². The summed E-state index contributed by atoms with van der Waals surface area (Å²) in [4.78, 5) is 11.1. The number of carbonyl (C=O) groups is 1. The Labute approximate surface area is 180 Å². The van der Waals surface area contributed by atoms with Crippen molar-refractivity contribution in [2.45, 2.75) is 93.5 Å². The van der Waals surface area contributed by atoms with Crippen LogP contribution in [0.5, 0.6) is 0 Å². The van der Waals surface area contributed by atoms with Gasteiger partial charge in [0.15, 0.2) is 0 Å². The molecule has 0 atom stereocenters. The highest BCUT2D eigenvalue weighted by Crippen LogP contribution is 2.63. The van der Waals surface area contributed by atoms with Gasteiger partial charge in [-0.2, -0.15) is 70.2 Å². The SMILES string of the molecule is CCCCCCC(=O)OC(F)(F)C(F)(F)C(F)(F)C(F)(F)C(F)(F)C(F)(F)C(F)(F)C(C)(F)F. The molecule has 0 unspecified atom stereocenters. The molecule has 0 amide bonds. The minimum Gasteiger partial charge on any atom is -0.396 e. The number of rotatable bonds is 13. The van der Waals surface area contributed by atoms with E-state index in [9.17, 15) is 75.0 Å². The molecule has 0 aliphatic rings. The van der Waals surface area contributed by atoms with Crippen molar-refractivity contribution >= 4 is 5.97 Å². The number of ether oxygens (including phenoxy) is 1. The number of unbranched alkanes of at least 4 members (excludes halogenated alkanes) is 3. The average molecular weight is 544 g/mol. The molecule has 0 aromatic heterocycles. The van der Waals surface area contributed by atoms with Gasteiger partial charge in [-0.1, -0.05) is 26.2 Å². The quantitative estimate of drug-likeness (QED) is 0.136. The Morgan fingerprint density at radius 1 is 0.559 bits per heavy atom. The van der Waals surface area contributed by atoms with Gasteiger partial charge in [0.2, 0.25) is 0 Å². The minimum atomic E-state index is -8.53. The zero-order chi connectivity index (χ0) is 27.8. The van der Waals surface area contributed by atoms with Crippen molar-refractivity contribution in [3.05, 3.63) is 0 Å². The number of halogens is 16. The highest BCUT2D eigenvalue weighted by atomic mass is 19.4. The van der Waals surface area contributed by atoms with Gasteiger partial charge in [-0.05, 0) is 6.42 Å². The van der Waals surface area contributed by atoms with E-state index in [0.717, 1.165) is 0 Å². The smallest absolute Gasteiger partial charge is 0.396 e. The molecule has 0 aromatic rings. The van der Waals surface area contributed by atoms with E-state index in [4.69, 9.17) is 0 Å². The number of hydrogen-bond donors (Lipinski definition) is 0. The first-order valence-electron chi connectivity index (χ1n) is 8.95. The average Bonchev–Trinajstić information content (AvgIpc) is 2.62. The van der Waals surface area contributed by atoms with Gasteiger partial charge in [-0.3, -0.25) is 4.79 Å². The summed E-state index contributed by atoms with van der Waals surface area (Å²) < 4.78 is 216. The second-order valence-electron chi connectivity index (χ2n) is 7.14. The van der Waals surface area contributed by atoms with Gasteiger partial charge in [-0.15, -0.1) is 0 Å². The van der Waals surface area contributed by atoms with Crippen molar-refractivity contribution in [2.24, 2.45) is 0 Å². The van der Waals surface area contributed by atoms with Crippen LogP contribution in [-0.4, -0.2) is 53.5 Å². The van der Waals surface area contributed by atoms with Crippen molar-refractivity contribution in [1.82, 2.24) is 0 Å². The van der Waals surface area contributed by atoms with Crippen molar-refractivity contribution in [2.75, 3.05) is 0 Å². The second kappa shape index (κ2) is 9.43. The fourth-order valence-corrected chi connectivity index (χ4v) is 2.20. The summed E-state index contributed by atoms with van der Waals surface area (Å²) in [6, 6.07) is 0. The van der Waals surface area contributed by atoms with Crippen LogP contribution in [0, 0.1) is 0 Å². The summed E-state index contributed by atoms with van der Waals surface area (Å²) >= 11 is 0. The third-order valence-electron chi connectivity index (χ3n) is 4.37. The predicted octanol–water partition coefficient (Wildman–Crippen LogP) is 7.56. The highest BCUT2D eigenvalue weighted by molar-refractivity contribution is 5.69. The van der Waals surface area contributed by atoms with Crippen molar-refractivity contribution in [3.8, 4) is 0 Å². The van der Waals surface area contributed by atoms with Crippen LogP contribution in [0.25, 0.3) is 0 Å². The monoisotopic (exact) mass is 544 g/mol. The summed E-state index contributed by atoms with van der Waals surface area (Å²) in [6.07, 6.45) is -7.68. The first kappa shape index (κ1) is 32.4. The molecule has 34 heavy (non-hydrogen) atoms. The first-order valence-corrected chi connectivity index (χ1v) is 8.95. The van der Waals surface area contributed by atoms with Crippen molar-refractivity contribution in [3.63, 3.8) is 0 Å². The molecule has 2 nitrogen and oxygen atoms in total. The van der Waals surface area contributed by atoms with Crippen LogP contribution in [0.1, 0.15) is 46.0 Å². The highest BCUT2D eigenvalue weighted by Gasteiger charge is 2.95. The molecule has 0 saturated heterocycles. The van der Waals surface area contributed by atoms with Gasteiger partial charge in [0.1, 0.15) is 0 Å². The van der Waals surface area contributed by atoms with Crippen LogP contribution in [0.2, 0.25) is 0 Å². The zero-order valence-corrected chi connectivity index (χ0v) is 16.9. The van der Waals surface area contributed by atoms with E-state index in [1.807, 2.05) is 0 Å². The molecule has 0 bridgehead atoms. The normalized spacial score (nSPS) is 15.5. The lowest BCUT2D eigenvalue weighted by Gasteiger charge is -2.42. The Morgan fingerprint density at radius 3 is 1.26 bits per heavy atom. The molecule has 0 spiro atoms. The van der Waals surface area contributed by atoms with E-state index in [0.29, 0.717) is 12.8 Å². The van der Waals surface area contributed by atoms with Gasteiger partial charge in [-0.25, -0.2) is 0 Å². The number of hydrogen-bond acceptors (Lipinski definition) is 2. The molecule has 0 aliphatic heterocycles. The van der Waals surface area contributed by atoms with E-state index in [1.54, 1.807) is 6.92 Å². The summed E-state index contributed by atoms with van der Waals surface area (Å²) in [5.74, 6) is -57.8. The number of carbonyl (C=O) groups excluding carboxylic acids is 1. The first-order chi connectivity index (χ1) is 14.7. The Balaban J connectivity index is 6.27. The molecule has 0 saturated carbocycles. The Bertz CT molecular complexity index is 710. The third-order valence-corrected chi connectivity index (χ3v) is 4.37. The van der Waals surface area contributed by atoms with Crippen molar-refractivity contribution < 1.29 is 79.8 Å². The summed E-state index contributed by atoms with van der Waals surface area (Å²) in [6.45, 7) is 0.391. The van der Waals surface area contributed by atoms with Crippen LogP contribution >= 0.6 is 0 Å². The largest absolute Gasteiger partial charge is 0.473 e. The standard InChI is InChI=1S/C16H16F16O2/c1-3-4-5-6-7-8(33)34-16(31,32)15(29,30)14(27,28)13(25,26)12(23,24)11(21,22)10(19,20)9(2,17)18/h3-7H2,1-2H3. The van der Waals surface area contributed by atoms with Gasteiger partial charge >= 0.3 is 53.5 Å². The molecule has 18 heteroatoms. The molecule has 0 rings (SSSR count). The molecule has 204 valence electrons.